The van der Waals surface area contributed by atoms with Crippen molar-refractivity contribution in [3.8, 4) is 5.69 Å². The molecule has 2 heterocycles. The largest absolute Gasteiger partial charge is 0.377 e. The standard InChI is InChI=1S/C14H16N4O2/c1-11-10-20-9-8-17(11)14(19)12-4-2-3-5-13(12)18-7-6-15-16-18/h2-7,11H,8-10H2,1H3/t11-/m1/s1. The van der Waals surface area contributed by atoms with Gasteiger partial charge in [-0.1, -0.05) is 17.3 Å². The summed E-state index contributed by atoms with van der Waals surface area (Å²) in [7, 11) is 0. The Labute approximate surface area is 117 Å². The molecule has 1 fully saturated rings. The number of hydrogen-bond donors (Lipinski definition) is 0. The van der Waals surface area contributed by atoms with Gasteiger partial charge in [0, 0.05) is 6.54 Å². The molecule has 20 heavy (non-hydrogen) atoms. The van der Waals surface area contributed by atoms with Gasteiger partial charge < -0.3 is 9.64 Å². The molecule has 1 aromatic heterocycles. The van der Waals surface area contributed by atoms with Crippen LogP contribution in [0.5, 0.6) is 0 Å². The van der Waals surface area contributed by atoms with Crippen molar-refractivity contribution in [3.63, 3.8) is 0 Å². The normalized spacial score (nSPS) is 19.1. The summed E-state index contributed by atoms with van der Waals surface area (Å²) in [6.45, 7) is 3.78. The molecule has 0 bridgehead atoms. The van der Waals surface area contributed by atoms with Crippen molar-refractivity contribution in [2.45, 2.75) is 13.0 Å². The maximum Gasteiger partial charge on any atom is 0.256 e. The fraction of sp³-hybridized carbons (Fsp3) is 0.357. The van der Waals surface area contributed by atoms with E-state index >= 15 is 0 Å². The molecule has 0 radical (unpaired) electrons. The number of hydrogen-bond acceptors (Lipinski definition) is 4. The van der Waals surface area contributed by atoms with E-state index in [2.05, 4.69) is 10.3 Å². The number of nitrogens with zero attached hydrogens (tertiary/aromatic N) is 4. The first-order chi connectivity index (χ1) is 9.77. The Morgan fingerprint density at radius 3 is 3.00 bits per heavy atom. The van der Waals surface area contributed by atoms with E-state index in [0.29, 0.717) is 25.3 Å². The van der Waals surface area contributed by atoms with Gasteiger partial charge in [-0.3, -0.25) is 4.79 Å². The van der Waals surface area contributed by atoms with Crippen molar-refractivity contribution < 1.29 is 9.53 Å². The van der Waals surface area contributed by atoms with Crippen molar-refractivity contribution in [1.29, 1.82) is 0 Å². The second-order valence-corrected chi connectivity index (χ2v) is 4.79. The molecule has 1 atom stereocenters. The first kappa shape index (κ1) is 12.8. The Balaban J connectivity index is 1.96. The summed E-state index contributed by atoms with van der Waals surface area (Å²) >= 11 is 0. The maximum absolute atomic E-state index is 12.7. The molecule has 0 N–H and O–H groups in total. The SMILES string of the molecule is C[C@@H]1COCCN1C(=O)c1ccccc1-n1ccnn1. The third kappa shape index (κ3) is 2.30. The fourth-order valence-corrected chi connectivity index (χ4v) is 2.37. The highest BCUT2D eigenvalue weighted by atomic mass is 16.5. The van der Waals surface area contributed by atoms with Crippen LogP contribution in [0.25, 0.3) is 5.69 Å². The summed E-state index contributed by atoms with van der Waals surface area (Å²) in [5.41, 5.74) is 1.38. The molecule has 1 aliphatic rings. The lowest BCUT2D eigenvalue weighted by atomic mass is 10.1. The quantitative estimate of drug-likeness (QED) is 0.822. The van der Waals surface area contributed by atoms with Crippen LogP contribution in [0.2, 0.25) is 0 Å². The number of ether oxygens (including phenoxy) is 1. The molecule has 104 valence electrons. The number of amides is 1. The zero-order chi connectivity index (χ0) is 13.9. The third-order valence-corrected chi connectivity index (χ3v) is 3.43. The minimum Gasteiger partial charge on any atom is -0.377 e. The van der Waals surface area contributed by atoms with Gasteiger partial charge in [0.15, 0.2) is 0 Å². The van der Waals surface area contributed by atoms with E-state index in [1.165, 1.54) is 0 Å². The Morgan fingerprint density at radius 2 is 2.25 bits per heavy atom. The molecule has 1 aromatic carbocycles. The first-order valence-corrected chi connectivity index (χ1v) is 6.62. The first-order valence-electron chi connectivity index (χ1n) is 6.62. The Bertz CT molecular complexity index is 597. The van der Waals surface area contributed by atoms with Gasteiger partial charge in [-0.15, -0.1) is 5.10 Å². The molecule has 1 saturated heterocycles. The van der Waals surface area contributed by atoms with Crippen LogP contribution < -0.4 is 0 Å². The van der Waals surface area contributed by atoms with Gasteiger partial charge >= 0.3 is 0 Å². The highest BCUT2D eigenvalue weighted by Crippen LogP contribution is 2.18. The van der Waals surface area contributed by atoms with Crippen LogP contribution >= 0.6 is 0 Å². The monoisotopic (exact) mass is 272 g/mol. The lowest BCUT2D eigenvalue weighted by Gasteiger charge is -2.33. The molecule has 1 aliphatic heterocycles. The summed E-state index contributed by atoms with van der Waals surface area (Å²) in [4.78, 5) is 14.6. The van der Waals surface area contributed by atoms with Crippen molar-refractivity contribution >= 4 is 5.91 Å². The summed E-state index contributed by atoms with van der Waals surface area (Å²) < 4.78 is 6.99. The second-order valence-electron chi connectivity index (χ2n) is 4.79. The van der Waals surface area contributed by atoms with E-state index in [-0.39, 0.29) is 11.9 Å². The lowest BCUT2D eigenvalue weighted by Crippen LogP contribution is -2.47. The van der Waals surface area contributed by atoms with Crippen LogP contribution in [0.3, 0.4) is 0 Å². The second kappa shape index (κ2) is 5.42. The summed E-state index contributed by atoms with van der Waals surface area (Å²) in [5.74, 6) is 0.00639. The minimum absolute atomic E-state index is 0.00639. The highest BCUT2D eigenvalue weighted by molar-refractivity contribution is 5.98. The maximum atomic E-state index is 12.7. The average molecular weight is 272 g/mol. The van der Waals surface area contributed by atoms with Crippen molar-refractivity contribution in [1.82, 2.24) is 19.9 Å². The van der Waals surface area contributed by atoms with Crippen molar-refractivity contribution in [3.05, 3.63) is 42.2 Å². The number of para-hydroxylation sites is 1. The number of aromatic nitrogens is 3. The predicted molar refractivity (Wildman–Crippen MR) is 72.7 cm³/mol. The van der Waals surface area contributed by atoms with Gasteiger partial charge in [0.25, 0.3) is 5.91 Å². The summed E-state index contributed by atoms with van der Waals surface area (Å²) in [6, 6.07) is 7.52. The molecule has 0 aliphatic carbocycles. The molecule has 0 unspecified atom stereocenters. The molecule has 2 aromatic rings. The van der Waals surface area contributed by atoms with Crippen LogP contribution in [0.15, 0.2) is 36.7 Å². The molecular formula is C14H16N4O2. The average Bonchev–Trinajstić information content (AvgIpc) is 3.01. The fourth-order valence-electron chi connectivity index (χ4n) is 2.37. The molecule has 0 saturated carbocycles. The topological polar surface area (TPSA) is 60.2 Å². The number of benzene rings is 1. The number of morpholine rings is 1. The van der Waals surface area contributed by atoms with E-state index in [4.69, 9.17) is 4.74 Å². The van der Waals surface area contributed by atoms with E-state index in [1.54, 1.807) is 17.1 Å². The highest BCUT2D eigenvalue weighted by Gasteiger charge is 2.26. The minimum atomic E-state index is 0.00639. The van der Waals surface area contributed by atoms with Gasteiger partial charge in [0.1, 0.15) is 0 Å². The van der Waals surface area contributed by atoms with E-state index in [9.17, 15) is 4.79 Å². The van der Waals surface area contributed by atoms with E-state index in [1.807, 2.05) is 36.1 Å². The summed E-state index contributed by atoms with van der Waals surface area (Å²) in [5, 5.41) is 7.76. The van der Waals surface area contributed by atoms with E-state index < -0.39 is 0 Å². The predicted octanol–water partition coefficient (Wildman–Crippen LogP) is 1.13. The summed E-state index contributed by atoms with van der Waals surface area (Å²) in [6.07, 6.45) is 3.33. The number of carbonyl (C=O) groups excluding carboxylic acids is 1. The molecule has 3 rings (SSSR count). The van der Waals surface area contributed by atoms with Crippen LogP contribution in [-0.4, -0.2) is 51.6 Å². The Morgan fingerprint density at radius 1 is 1.40 bits per heavy atom. The molecular weight excluding hydrogens is 256 g/mol. The van der Waals surface area contributed by atoms with Crippen LogP contribution in [0.1, 0.15) is 17.3 Å². The zero-order valence-electron chi connectivity index (χ0n) is 11.3. The lowest BCUT2D eigenvalue weighted by molar-refractivity contribution is 0.00359. The van der Waals surface area contributed by atoms with Gasteiger partial charge in [0.05, 0.1) is 42.9 Å². The smallest absolute Gasteiger partial charge is 0.256 e. The third-order valence-electron chi connectivity index (χ3n) is 3.43. The molecule has 6 nitrogen and oxygen atoms in total. The van der Waals surface area contributed by atoms with E-state index in [0.717, 1.165) is 5.69 Å². The van der Waals surface area contributed by atoms with Crippen LogP contribution in [-0.2, 0) is 4.74 Å². The number of rotatable bonds is 2. The molecule has 6 heteroatoms. The zero-order valence-corrected chi connectivity index (χ0v) is 11.3. The van der Waals surface area contributed by atoms with Gasteiger partial charge in [0.2, 0.25) is 0 Å². The van der Waals surface area contributed by atoms with Gasteiger partial charge in [-0.25, -0.2) is 4.68 Å². The van der Waals surface area contributed by atoms with Crippen molar-refractivity contribution in [2.24, 2.45) is 0 Å². The Hall–Kier alpha value is -2.21. The van der Waals surface area contributed by atoms with Crippen LogP contribution in [0.4, 0.5) is 0 Å². The van der Waals surface area contributed by atoms with Gasteiger partial charge in [-0.2, -0.15) is 0 Å². The number of carbonyl (C=O) groups is 1. The van der Waals surface area contributed by atoms with Gasteiger partial charge in [-0.05, 0) is 19.1 Å². The Kier molecular flexibility index (Phi) is 3.47. The molecule has 1 amide bonds. The van der Waals surface area contributed by atoms with Crippen LogP contribution in [0, 0.1) is 0 Å². The van der Waals surface area contributed by atoms with Crippen molar-refractivity contribution in [2.75, 3.05) is 19.8 Å². The molecule has 0 spiro atoms.